The number of halogens is 2. The maximum atomic E-state index is 6.33. The van der Waals surface area contributed by atoms with Crippen LogP contribution in [0.3, 0.4) is 0 Å². The average Bonchev–Trinajstić information content (AvgIpc) is 2.54. The van der Waals surface area contributed by atoms with E-state index in [1.165, 1.54) is 16.7 Å². The molecule has 0 nitrogen and oxygen atoms in total. The Hall–Kier alpha value is -0.980. The van der Waals surface area contributed by atoms with Gasteiger partial charge in [-0.15, -0.1) is 23.2 Å². The van der Waals surface area contributed by atoms with Crippen molar-refractivity contribution in [2.45, 2.75) is 31.6 Å². The van der Waals surface area contributed by atoms with Gasteiger partial charge in [0.2, 0.25) is 0 Å². The number of alkyl halides is 2. The Morgan fingerprint density at radius 2 is 1.48 bits per heavy atom. The maximum Gasteiger partial charge on any atom is 0.0332 e. The molecular weight excluding hydrogens is 299 g/mol. The minimum Gasteiger partial charge on any atom is -0.126 e. The zero-order chi connectivity index (χ0) is 15.1. The summed E-state index contributed by atoms with van der Waals surface area (Å²) in [6.07, 6.45) is 3.18. The van der Waals surface area contributed by atoms with Gasteiger partial charge in [-0.1, -0.05) is 54.6 Å². The molecule has 0 heterocycles. The molecule has 21 heavy (non-hydrogen) atoms. The van der Waals surface area contributed by atoms with Gasteiger partial charge in [0.1, 0.15) is 0 Å². The van der Waals surface area contributed by atoms with Gasteiger partial charge < -0.3 is 0 Å². The molecule has 0 bridgehead atoms. The topological polar surface area (TPSA) is 0 Å². The van der Waals surface area contributed by atoms with Crippen molar-refractivity contribution in [1.82, 2.24) is 0 Å². The second-order valence-electron chi connectivity index (χ2n) is 5.70. The molecule has 0 aliphatic rings. The van der Waals surface area contributed by atoms with E-state index in [-0.39, 0.29) is 5.41 Å². The highest BCUT2D eigenvalue weighted by Crippen LogP contribution is 2.35. The van der Waals surface area contributed by atoms with Crippen molar-refractivity contribution in [3.05, 3.63) is 71.3 Å². The van der Waals surface area contributed by atoms with Crippen molar-refractivity contribution in [1.29, 1.82) is 0 Å². The van der Waals surface area contributed by atoms with Gasteiger partial charge in [-0.2, -0.15) is 0 Å². The van der Waals surface area contributed by atoms with Crippen LogP contribution in [0.1, 0.15) is 29.5 Å². The van der Waals surface area contributed by atoms with Crippen molar-refractivity contribution in [2.75, 3.05) is 11.8 Å². The summed E-state index contributed by atoms with van der Waals surface area (Å²) in [5.74, 6) is 1.13. The van der Waals surface area contributed by atoms with Crippen molar-refractivity contribution in [3.63, 3.8) is 0 Å². The standard InChI is InChI=1S/C19H22Cl2/c1-16-8-5-6-12-18(16)19(14-20,15-21)13-7-11-17-9-3-2-4-10-17/h2-6,8-10,12H,7,11,13-15H2,1H3. The van der Waals surface area contributed by atoms with E-state index in [1.54, 1.807) is 0 Å². The molecule has 0 N–H and O–H groups in total. The first-order valence-corrected chi connectivity index (χ1v) is 8.51. The molecule has 0 aromatic heterocycles. The van der Waals surface area contributed by atoms with Crippen LogP contribution in [0.25, 0.3) is 0 Å². The maximum absolute atomic E-state index is 6.33. The van der Waals surface area contributed by atoms with Crippen LogP contribution in [0.5, 0.6) is 0 Å². The smallest absolute Gasteiger partial charge is 0.0332 e. The van der Waals surface area contributed by atoms with Gasteiger partial charge in [-0.25, -0.2) is 0 Å². The normalized spacial score (nSPS) is 11.6. The minimum absolute atomic E-state index is 0.122. The Labute approximate surface area is 138 Å². The minimum atomic E-state index is -0.122. The van der Waals surface area contributed by atoms with Crippen LogP contribution in [0.15, 0.2) is 54.6 Å². The van der Waals surface area contributed by atoms with Crippen LogP contribution in [-0.2, 0) is 11.8 Å². The first kappa shape index (κ1) is 16.4. The molecule has 0 saturated heterocycles. The summed E-state index contributed by atoms with van der Waals surface area (Å²) in [6.45, 7) is 2.14. The summed E-state index contributed by atoms with van der Waals surface area (Å²) >= 11 is 12.7. The highest BCUT2D eigenvalue weighted by Gasteiger charge is 2.31. The molecule has 0 saturated carbocycles. The quantitative estimate of drug-likeness (QED) is 0.571. The van der Waals surface area contributed by atoms with Crippen LogP contribution >= 0.6 is 23.2 Å². The summed E-state index contributed by atoms with van der Waals surface area (Å²) in [5.41, 5.74) is 3.82. The SMILES string of the molecule is Cc1ccccc1C(CCl)(CCl)CCCc1ccccc1. The third-order valence-corrected chi connectivity index (χ3v) is 5.21. The summed E-state index contributed by atoms with van der Waals surface area (Å²) in [6, 6.07) is 19.0. The highest BCUT2D eigenvalue weighted by atomic mass is 35.5. The predicted molar refractivity (Wildman–Crippen MR) is 93.7 cm³/mol. The third kappa shape index (κ3) is 4.02. The van der Waals surface area contributed by atoms with E-state index in [1.807, 2.05) is 0 Å². The molecule has 0 spiro atoms. The number of benzene rings is 2. The molecule has 0 aliphatic heterocycles. The summed E-state index contributed by atoms with van der Waals surface area (Å²) in [7, 11) is 0. The van der Waals surface area contributed by atoms with E-state index in [2.05, 4.69) is 61.5 Å². The van der Waals surface area contributed by atoms with E-state index in [4.69, 9.17) is 23.2 Å². The molecule has 0 radical (unpaired) electrons. The molecule has 2 aromatic rings. The van der Waals surface area contributed by atoms with E-state index >= 15 is 0 Å². The number of aryl methyl sites for hydroxylation is 2. The van der Waals surface area contributed by atoms with Gasteiger partial charge in [-0.3, -0.25) is 0 Å². The monoisotopic (exact) mass is 320 g/mol. The molecule has 2 aromatic carbocycles. The Morgan fingerprint density at radius 1 is 0.857 bits per heavy atom. The van der Waals surface area contributed by atoms with Crippen LogP contribution < -0.4 is 0 Å². The zero-order valence-electron chi connectivity index (χ0n) is 12.5. The molecule has 2 rings (SSSR count). The summed E-state index contributed by atoms with van der Waals surface area (Å²) in [4.78, 5) is 0. The molecular formula is C19H22Cl2. The van der Waals surface area contributed by atoms with Gasteiger partial charge in [-0.05, 0) is 42.9 Å². The number of hydrogen-bond acceptors (Lipinski definition) is 0. The molecule has 2 heteroatoms. The van der Waals surface area contributed by atoms with Crippen molar-refractivity contribution in [3.8, 4) is 0 Å². The van der Waals surface area contributed by atoms with E-state index in [0.29, 0.717) is 11.8 Å². The lowest BCUT2D eigenvalue weighted by Crippen LogP contribution is -2.31. The van der Waals surface area contributed by atoms with Gasteiger partial charge in [0.05, 0.1) is 0 Å². The molecule has 0 fully saturated rings. The second kappa shape index (κ2) is 7.87. The summed E-state index contributed by atoms with van der Waals surface area (Å²) in [5, 5.41) is 0. The first-order valence-electron chi connectivity index (χ1n) is 7.44. The largest absolute Gasteiger partial charge is 0.126 e. The molecule has 112 valence electrons. The molecule has 0 amide bonds. The number of hydrogen-bond donors (Lipinski definition) is 0. The molecule has 0 unspecified atom stereocenters. The number of rotatable bonds is 7. The Balaban J connectivity index is 2.10. The lowest BCUT2D eigenvalue weighted by atomic mass is 9.77. The van der Waals surface area contributed by atoms with Crippen molar-refractivity contribution >= 4 is 23.2 Å². The van der Waals surface area contributed by atoms with Gasteiger partial charge in [0.25, 0.3) is 0 Å². The van der Waals surface area contributed by atoms with Gasteiger partial charge >= 0.3 is 0 Å². The lowest BCUT2D eigenvalue weighted by molar-refractivity contribution is 0.470. The van der Waals surface area contributed by atoms with Crippen LogP contribution in [0, 0.1) is 6.92 Å². The Kier molecular flexibility index (Phi) is 6.14. The lowest BCUT2D eigenvalue weighted by Gasteiger charge is -2.32. The first-order chi connectivity index (χ1) is 10.2. The Morgan fingerprint density at radius 3 is 2.10 bits per heavy atom. The fourth-order valence-electron chi connectivity index (χ4n) is 2.89. The fraction of sp³-hybridized carbons (Fsp3) is 0.368. The molecule has 0 aliphatic carbocycles. The molecule has 0 atom stereocenters. The van der Waals surface area contributed by atoms with E-state index in [0.717, 1.165) is 19.3 Å². The van der Waals surface area contributed by atoms with Crippen LogP contribution in [0.4, 0.5) is 0 Å². The van der Waals surface area contributed by atoms with Gasteiger partial charge in [0, 0.05) is 17.2 Å². The average molecular weight is 321 g/mol. The fourth-order valence-corrected chi connectivity index (χ4v) is 3.73. The van der Waals surface area contributed by atoms with E-state index in [9.17, 15) is 0 Å². The summed E-state index contributed by atoms with van der Waals surface area (Å²) < 4.78 is 0. The third-order valence-electron chi connectivity index (χ3n) is 4.19. The second-order valence-corrected chi connectivity index (χ2v) is 6.24. The predicted octanol–water partition coefficient (Wildman–Crippen LogP) is 5.73. The zero-order valence-corrected chi connectivity index (χ0v) is 14.0. The van der Waals surface area contributed by atoms with Crippen LogP contribution in [0.2, 0.25) is 0 Å². The van der Waals surface area contributed by atoms with Crippen molar-refractivity contribution in [2.24, 2.45) is 0 Å². The Bertz CT molecular complexity index is 545. The van der Waals surface area contributed by atoms with Crippen molar-refractivity contribution < 1.29 is 0 Å². The van der Waals surface area contributed by atoms with Crippen LogP contribution in [-0.4, -0.2) is 11.8 Å². The van der Waals surface area contributed by atoms with E-state index < -0.39 is 0 Å². The van der Waals surface area contributed by atoms with Gasteiger partial charge in [0.15, 0.2) is 0 Å². The highest BCUT2D eigenvalue weighted by molar-refractivity contribution is 6.22.